The summed E-state index contributed by atoms with van der Waals surface area (Å²) in [5.41, 5.74) is 0. The lowest BCUT2D eigenvalue weighted by molar-refractivity contribution is 0.107. The van der Waals surface area contributed by atoms with E-state index in [0.29, 0.717) is 25.5 Å². The van der Waals surface area contributed by atoms with Gasteiger partial charge in [0.1, 0.15) is 6.10 Å². The van der Waals surface area contributed by atoms with E-state index in [1.165, 1.54) is 0 Å². The molecule has 1 N–H and O–H groups in total. The number of aromatic nitrogens is 2. The second kappa shape index (κ2) is 6.72. The molecule has 102 valence electrons. The van der Waals surface area contributed by atoms with Crippen LogP contribution in [-0.2, 0) is 0 Å². The molecule has 2 rings (SSSR count). The molecule has 0 atom stereocenters. The summed E-state index contributed by atoms with van der Waals surface area (Å²) in [4.78, 5) is 21.6. The Morgan fingerprint density at radius 1 is 1.53 bits per heavy atom. The number of hydrogen-bond acceptors (Lipinski definition) is 4. The van der Waals surface area contributed by atoms with Gasteiger partial charge in [0.25, 0.3) is 0 Å². The first-order chi connectivity index (χ1) is 9.29. The van der Waals surface area contributed by atoms with Gasteiger partial charge in [-0.25, -0.2) is 9.78 Å². The minimum Gasteiger partial charge on any atom is -0.473 e. The second-order valence-corrected chi connectivity index (χ2v) is 4.32. The number of likely N-dealkylation sites (tertiary alicyclic amines) is 1. The Labute approximate surface area is 112 Å². The van der Waals surface area contributed by atoms with E-state index < -0.39 is 0 Å². The maximum absolute atomic E-state index is 11.7. The molecule has 0 saturated carbocycles. The SMILES string of the molecule is C=CCNC(=O)N1CCC(Oc2cnccn2)CC1. The average molecular weight is 262 g/mol. The summed E-state index contributed by atoms with van der Waals surface area (Å²) >= 11 is 0. The minimum atomic E-state index is -0.0437. The van der Waals surface area contributed by atoms with Gasteiger partial charge in [-0.05, 0) is 0 Å². The van der Waals surface area contributed by atoms with Crippen LogP contribution in [0.1, 0.15) is 12.8 Å². The van der Waals surface area contributed by atoms with Crippen LogP contribution >= 0.6 is 0 Å². The molecule has 0 bridgehead atoms. The van der Waals surface area contributed by atoms with Gasteiger partial charge in [0.15, 0.2) is 0 Å². The predicted molar refractivity (Wildman–Crippen MR) is 70.9 cm³/mol. The molecule has 6 heteroatoms. The molecule has 1 fully saturated rings. The van der Waals surface area contributed by atoms with Crippen LogP contribution in [0.4, 0.5) is 4.79 Å². The van der Waals surface area contributed by atoms with Crippen LogP contribution < -0.4 is 10.1 Å². The van der Waals surface area contributed by atoms with Gasteiger partial charge in [0, 0.05) is 44.9 Å². The van der Waals surface area contributed by atoms with Crippen molar-refractivity contribution < 1.29 is 9.53 Å². The van der Waals surface area contributed by atoms with Crippen LogP contribution in [-0.4, -0.2) is 46.6 Å². The van der Waals surface area contributed by atoms with Crippen molar-refractivity contribution in [2.24, 2.45) is 0 Å². The van der Waals surface area contributed by atoms with Crippen LogP contribution in [0.2, 0.25) is 0 Å². The average Bonchev–Trinajstić information content (AvgIpc) is 2.46. The van der Waals surface area contributed by atoms with E-state index in [2.05, 4.69) is 21.9 Å². The van der Waals surface area contributed by atoms with Gasteiger partial charge in [-0.15, -0.1) is 6.58 Å². The molecule has 2 heterocycles. The van der Waals surface area contributed by atoms with Crippen molar-refractivity contribution in [3.63, 3.8) is 0 Å². The molecule has 1 saturated heterocycles. The smallest absolute Gasteiger partial charge is 0.317 e. The summed E-state index contributed by atoms with van der Waals surface area (Å²) in [5, 5.41) is 2.77. The zero-order chi connectivity index (χ0) is 13.5. The van der Waals surface area contributed by atoms with E-state index in [4.69, 9.17) is 4.74 Å². The number of carbonyl (C=O) groups is 1. The van der Waals surface area contributed by atoms with Crippen LogP contribution in [0.25, 0.3) is 0 Å². The molecule has 2 amide bonds. The molecular weight excluding hydrogens is 244 g/mol. The molecule has 1 aromatic rings. The molecule has 1 aliphatic rings. The normalized spacial score (nSPS) is 15.9. The number of nitrogens with one attached hydrogen (secondary N) is 1. The van der Waals surface area contributed by atoms with Gasteiger partial charge in [0.05, 0.1) is 6.20 Å². The molecular formula is C13H18N4O2. The van der Waals surface area contributed by atoms with Crippen molar-refractivity contribution >= 4 is 6.03 Å². The molecule has 0 aliphatic carbocycles. The highest BCUT2D eigenvalue weighted by molar-refractivity contribution is 5.74. The zero-order valence-corrected chi connectivity index (χ0v) is 10.8. The van der Waals surface area contributed by atoms with Gasteiger partial charge in [-0.1, -0.05) is 6.08 Å². The maximum atomic E-state index is 11.7. The van der Waals surface area contributed by atoms with E-state index >= 15 is 0 Å². The first-order valence-electron chi connectivity index (χ1n) is 6.36. The summed E-state index contributed by atoms with van der Waals surface area (Å²) < 4.78 is 5.72. The highest BCUT2D eigenvalue weighted by atomic mass is 16.5. The van der Waals surface area contributed by atoms with Gasteiger partial charge in [-0.2, -0.15) is 0 Å². The van der Waals surface area contributed by atoms with Gasteiger partial charge < -0.3 is 15.0 Å². The van der Waals surface area contributed by atoms with Gasteiger partial charge in [0.2, 0.25) is 5.88 Å². The lowest BCUT2D eigenvalue weighted by Crippen LogP contribution is -2.46. The standard InChI is InChI=1S/C13H18N4O2/c1-2-5-16-13(18)17-8-3-11(4-9-17)19-12-10-14-6-7-15-12/h2,6-7,10-11H,1,3-5,8-9H2,(H,16,18). The van der Waals surface area contributed by atoms with Crippen molar-refractivity contribution in [3.8, 4) is 5.88 Å². The number of rotatable bonds is 4. The van der Waals surface area contributed by atoms with Gasteiger partial charge in [-0.3, -0.25) is 4.98 Å². The fourth-order valence-electron chi connectivity index (χ4n) is 1.97. The summed E-state index contributed by atoms with van der Waals surface area (Å²) in [6.07, 6.45) is 8.19. The topological polar surface area (TPSA) is 67.4 Å². The molecule has 6 nitrogen and oxygen atoms in total. The van der Waals surface area contributed by atoms with Crippen LogP contribution in [0, 0.1) is 0 Å². The molecule has 1 aromatic heterocycles. The highest BCUT2D eigenvalue weighted by Crippen LogP contribution is 2.16. The van der Waals surface area contributed by atoms with Gasteiger partial charge >= 0.3 is 6.03 Å². The van der Waals surface area contributed by atoms with E-state index in [-0.39, 0.29) is 12.1 Å². The molecule has 0 spiro atoms. The fraction of sp³-hybridized carbons (Fsp3) is 0.462. The molecule has 19 heavy (non-hydrogen) atoms. The Hall–Kier alpha value is -2.11. The number of hydrogen-bond donors (Lipinski definition) is 1. The first kappa shape index (κ1) is 13.3. The third kappa shape index (κ3) is 3.94. The maximum Gasteiger partial charge on any atom is 0.317 e. The van der Waals surface area contributed by atoms with E-state index in [1.807, 2.05) is 0 Å². The number of piperidine rings is 1. The van der Waals surface area contributed by atoms with E-state index in [9.17, 15) is 4.79 Å². The number of urea groups is 1. The molecule has 1 aliphatic heterocycles. The largest absolute Gasteiger partial charge is 0.473 e. The minimum absolute atomic E-state index is 0.0437. The van der Waals surface area contributed by atoms with Crippen LogP contribution in [0.5, 0.6) is 5.88 Å². The highest BCUT2D eigenvalue weighted by Gasteiger charge is 2.23. The summed E-state index contributed by atoms with van der Waals surface area (Å²) in [6.45, 7) is 5.44. The third-order valence-corrected chi connectivity index (χ3v) is 2.95. The second-order valence-electron chi connectivity index (χ2n) is 4.32. The summed E-state index contributed by atoms with van der Waals surface area (Å²) in [7, 11) is 0. The number of amides is 2. The first-order valence-corrected chi connectivity index (χ1v) is 6.36. The molecule has 0 aromatic carbocycles. The Morgan fingerprint density at radius 3 is 2.95 bits per heavy atom. The zero-order valence-electron chi connectivity index (χ0n) is 10.8. The van der Waals surface area contributed by atoms with Crippen molar-refractivity contribution in [1.29, 1.82) is 0 Å². The predicted octanol–water partition coefficient (Wildman–Crippen LogP) is 1.22. The lowest BCUT2D eigenvalue weighted by atomic mass is 10.1. The van der Waals surface area contributed by atoms with Crippen molar-refractivity contribution in [2.75, 3.05) is 19.6 Å². The number of nitrogens with zero attached hydrogens (tertiary/aromatic N) is 3. The lowest BCUT2D eigenvalue weighted by Gasteiger charge is -2.31. The molecule has 0 radical (unpaired) electrons. The Kier molecular flexibility index (Phi) is 4.72. The van der Waals surface area contributed by atoms with Crippen molar-refractivity contribution in [2.45, 2.75) is 18.9 Å². The quantitative estimate of drug-likeness (QED) is 0.828. The fourth-order valence-corrected chi connectivity index (χ4v) is 1.97. The summed E-state index contributed by atoms with van der Waals surface area (Å²) in [6, 6.07) is -0.0437. The van der Waals surface area contributed by atoms with Crippen LogP contribution in [0.15, 0.2) is 31.2 Å². The number of ether oxygens (including phenoxy) is 1. The van der Waals surface area contributed by atoms with E-state index in [0.717, 1.165) is 12.8 Å². The Balaban J connectivity index is 1.76. The Morgan fingerprint density at radius 2 is 2.32 bits per heavy atom. The molecule has 0 unspecified atom stereocenters. The monoisotopic (exact) mass is 262 g/mol. The Bertz CT molecular complexity index is 416. The third-order valence-electron chi connectivity index (χ3n) is 2.95. The summed E-state index contributed by atoms with van der Waals surface area (Å²) in [5.74, 6) is 0.539. The van der Waals surface area contributed by atoms with Crippen molar-refractivity contribution in [3.05, 3.63) is 31.2 Å². The van der Waals surface area contributed by atoms with Crippen molar-refractivity contribution in [1.82, 2.24) is 20.2 Å². The van der Waals surface area contributed by atoms with Crippen LogP contribution in [0.3, 0.4) is 0 Å². The van der Waals surface area contributed by atoms with E-state index in [1.54, 1.807) is 29.6 Å². The number of carbonyl (C=O) groups excluding carboxylic acids is 1.